The Kier molecular flexibility index (Phi) is 4.37. The quantitative estimate of drug-likeness (QED) is 0.842. The van der Waals surface area contributed by atoms with Crippen LogP contribution in [-0.2, 0) is 4.79 Å². The van der Waals surface area contributed by atoms with Crippen molar-refractivity contribution in [3.05, 3.63) is 29.9 Å². The molecule has 0 saturated heterocycles. The molecule has 1 atom stereocenters. The summed E-state index contributed by atoms with van der Waals surface area (Å²) in [6.45, 7) is 7.41. The van der Waals surface area contributed by atoms with Gasteiger partial charge in [0, 0.05) is 25.5 Å². The first-order chi connectivity index (χ1) is 9.19. The van der Waals surface area contributed by atoms with Gasteiger partial charge in [-0.05, 0) is 32.2 Å². The highest BCUT2D eigenvalue weighted by Gasteiger charge is 2.22. The Balaban J connectivity index is 2.28. The van der Waals surface area contributed by atoms with Crippen LogP contribution in [0.25, 0.3) is 10.7 Å². The third-order valence-electron chi connectivity index (χ3n) is 3.26. The molecule has 0 N–H and O–H groups in total. The van der Waals surface area contributed by atoms with Crippen molar-refractivity contribution in [1.82, 2.24) is 14.5 Å². The van der Waals surface area contributed by atoms with Crippen LogP contribution >= 0.6 is 11.3 Å². The molecule has 1 amide bonds. The number of hydrogen-bond acceptors (Lipinski definition) is 3. The van der Waals surface area contributed by atoms with Crippen molar-refractivity contribution < 1.29 is 4.79 Å². The van der Waals surface area contributed by atoms with Crippen LogP contribution in [0.15, 0.2) is 29.9 Å². The van der Waals surface area contributed by atoms with Gasteiger partial charge in [-0.25, -0.2) is 4.98 Å². The normalized spacial score (nSPS) is 12.4. The summed E-state index contributed by atoms with van der Waals surface area (Å²) < 4.78 is 1.95. The fourth-order valence-corrected chi connectivity index (χ4v) is 2.87. The molecule has 1 unspecified atom stereocenters. The van der Waals surface area contributed by atoms with E-state index in [0.29, 0.717) is 0 Å². The van der Waals surface area contributed by atoms with Crippen LogP contribution in [0.1, 0.15) is 26.8 Å². The van der Waals surface area contributed by atoms with Gasteiger partial charge in [-0.2, -0.15) is 0 Å². The summed E-state index contributed by atoms with van der Waals surface area (Å²) >= 11 is 1.64. The lowest BCUT2D eigenvalue weighted by Gasteiger charge is -2.24. The number of likely N-dealkylation sites (N-methyl/N-ethyl adjacent to an activating group) is 1. The molecular weight excluding hydrogens is 258 g/mol. The van der Waals surface area contributed by atoms with E-state index in [1.807, 2.05) is 53.9 Å². The van der Waals surface area contributed by atoms with Gasteiger partial charge in [-0.15, -0.1) is 11.3 Å². The minimum Gasteiger partial charge on any atom is -0.341 e. The van der Waals surface area contributed by atoms with E-state index in [9.17, 15) is 4.79 Å². The summed E-state index contributed by atoms with van der Waals surface area (Å²) in [5, 5.41) is 2.02. The summed E-state index contributed by atoms with van der Waals surface area (Å²) in [5.41, 5.74) is 0. The highest BCUT2D eigenvalue weighted by Crippen LogP contribution is 2.26. The molecule has 0 aliphatic heterocycles. The van der Waals surface area contributed by atoms with E-state index in [2.05, 4.69) is 4.98 Å². The molecular formula is C14H19N3OS. The second-order valence-electron chi connectivity index (χ2n) is 4.32. The summed E-state index contributed by atoms with van der Waals surface area (Å²) in [6.07, 6.45) is 3.63. The monoisotopic (exact) mass is 277 g/mol. The van der Waals surface area contributed by atoms with Crippen molar-refractivity contribution in [1.29, 1.82) is 0 Å². The maximum absolute atomic E-state index is 12.4. The molecule has 0 bridgehead atoms. The summed E-state index contributed by atoms with van der Waals surface area (Å²) in [4.78, 5) is 19.7. The van der Waals surface area contributed by atoms with Crippen LogP contribution in [0.4, 0.5) is 0 Å². The fourth-order valence-electron chi connectivity index (χ4n) is 2.14. The molecule has 0 aromatic carbocycles. The number of carbonyl (C=O) groups excluding carboxylic acids is 1. The molecule has 0 saturated carbocycles. The number of amides is 1. The highest BCUT2D eigenvalue weighted by atomic mass is 32.1. The number of hydrogen-bond donors (Lipinski definition) is 0. The second-order valence-corrected chi connectivity index (χ2v) is 5.27. The van der Waals surface area contributed by atoms with Crippen molar-refractivity contribution in [2.24, 2.45) is 0 Å². The predicted octanol–water partition coefficient (Wildman–Crippen LogP) is 3.04. The number of rotatable bonds is 5. The fraction of sp³-hybridized carbons (Fsp3) is 0.429. The largest absolute Gasteiger partial charge is 0.341 e. The van der Waals surface area contributed by atoms with E-state index in [4.69, 9.17) is 0 Å². The minimum atomic E-state index is -0.223. The number of carbonyl (C=O) groups is 1. The summed E-state index contributed by atoms with van der Waals surface area (Å²) in [6, 6.07) is 3.80. The number of aromatic nitrogens is 2. The predicted molar refractivity (Wildman–Crippen MR) is 78.2 cm³/mol. The smallest absolute Gasteiger partial charge is 0.245 e. The van der Waals surface area contributed by atoms with E-state index in [1.165, 1.54) is 0 Å². The van der Waals surface area contributed by atoms with E-state index >= 15 is 0 Å². The first-order valence-electron chi connectivity index (χ1n) is 6.54. The average molecular weight is 277 g/mol. The van der Waals surface area contributed by atoms with Crippen LogP contribution in [0, 0.1) is 0 Å². The standard InChI is InChI=1S/C14H19N3OS/c1-4-16(5-2)14(18)11(3)17-9-8-15-13(17)12-7-6-10-19-12/h6-11H,4-5H2,1-3H3. The molecule has 2 rings (SSSR count). The molecule has 2 aromatic heterocycles. The third kappa shape index (κ3) is 2.71. The van der Waals surface area contributed by atoms with Crippen molar-refractivity contribution in [2.75, 3.05) is 13.1 Å². The molecule has 102 valence electrons. The van der Waals surface area contributed by atoms with Gasteiger partial charge in [0.25, 0.3) is 0 Å². The zero-order chi connectivity index (χ0) is 13.8. The molecule has 0 radical (unpaired) electrons. The maximum atomic E-state index is 12.4. The molecule has 0 aliphatic rings. The van der Waals surface area contributed by atoms with E-state index in [0.717, 1.165) is 23.8 Å². The van der Waals surface area contributed by atoms with Gasteiger partial charge in [-0.3, -0.25) is 4.79 Å². The zero-order valence-electron chi connectivity index (χ0n) is 11.5. The Morgan fingerprint density at radius 2 is 2.21 bits per heavy atom. The lowest BCUT2D eigenvalue weighted by atomic mass is 10.2. The van der Waals surface area contributed by atoms with Crippen LogP contribution in [0.3, 0.4) is 0 Å². The molecule has 0 fully saturated rings. The lowest BCUT2D eigenvalue weighted by molar-refractivity contribution is -0.133. The van der Waals surface area contributed by atoms with Crippen molar-refractivity contribution in [2.45, 2.75) is 26.8 Å². The van der Waals surface area contributed by atoms with Gasteiger partial charge in [0.05, 0.1) is 4.88 Å². The van der Waals surface area contributed by atoms with Crippen LogP contribution in [0.2, 0.25) is 0 Å². The van der Waals surface area contributed by atoms with E-state index in [1.54, 1.807) is 17.5 Å². The Bertz CT molecular complexity index is 529. The lowest BCUT2D eigenvalue weighted by Crippen LogP contribution is -2.36. The van der Waals surface area contributed by atoms with Crippen molar-refractivity contribution in [3.8, 4) is 10.7 Å². The van der Waals surface area contributed by atoms with Crippen LogP contribution < -0.4 is 0 Å². The molecule has 2 heterocycles. The van der Waals surface area contributed by atoms with Crippen LogP contribution in [0.5, 0.6) is 0 Å². The topological polar surface area (TPSA) is 38.1 Å². The number of nitrogens with zero attached hydrogens (tertiary/aromatic N) is 3. The van der Waals surface area contributed by atoms with Gasteiger partial charge >= 0.3 is 0 Å². The molecule has 0 spiro atoms. The molecule has 4 nitrogen and oxygen atoms in total. The second kappa shape index (κ2) is 6.02. The van der Waals surface area contributed by atoms with E-state index < -0.39 is 0 Å². The Hall–Kier alpha value is -1.62. The average Bonchev–Trinajstić information content (AvgIpc) is 3.09. The van der Waals surface area contributed by atoms with Gasteiger partial charge in [-0.1, -0.05) is 6.07 Å². The van der Waals surface area contributed by atoms with Gasteiger partial charge in [0.2, 0.25) is 5.91 Å². The van der Waals surface area contributed by atoms with Crippen LogP contribution in [-0.4, -0.2) is 33.4 Å². The first-order valence-corrected chi connectivity index (χ1v) is 7.42. The van der Waals surface area contributed by atoms with Gasteiger partial charge in [0.1, 0.15) is 6.04 Å². The highest BCUT2D eigenvalue weighted by molar-refractivity contribution is 7.13. The zero-order valence-corrected chi connectivity index (χ0v) is 12.4. The first kappa shape index (κ1) is 13.8. The Labute approximate surface area is 117 Å². The minimum absolute atomic E-state index is 0.140. The van der Waals surface area contributed by atoms with Gasteiger partial charge < -0.3 is 9.47 Å². The summed E-state index contributed by atoms with van der Waals surface area (Å²) in [7, 11) is 0. The van der Waals surface area contributed by atoms with Crippen molar-refractivity contribution in [3.63, 3.8) is 0 Å². The Morgan fingerprint density at radius 1 is 1.47 bits per heavy atom. The molecule has 2 aromatic rings. The van der Waals surface area contributed by atoms with Gasteiger partial charge in [0.15, 0.2) is 5.82 Å². The maximum Gasteiger partial charge on any atom is 0.245 e. The van der Waals surface area contributed by atoms with E-state index in [-0.39, 0.29) is 11.9 Å². The number of thiophene rings is 1. The number of imidazole rings is 1. The molecule has 5 heteroatoms. The van der Waals surface area contributed by atoms with Crippen molar-refractivity contribution >= 4 is 17.2 Å². The summed E-state index contributed by atoms with van der Waals surface area (Å²) in [5.74, 6) is 1.00. The Morgan fingerprint density at radius 3 is 2.79 bits per heavy atom. The molecule has 0 aliphatic carbocycles. The molecule has 19 heavy (non-hydrogen) atoms. The SMILES string of the molecule is CCN(CC)C(=O)C(C)n1ccnc1-c1cccs1. The third-order valence-corrected chi connectivity index (χ3v) is 4.13.